The Bertz CT molecular complexity index is 824. The summed E-state index contributed by atoms with van der Waals surface area (Å²) in [4.78, 5) is 23.9. The maximum absolute atomic E-state index is 12.0. The van der Waals surface area contributed by atoms with Crippen LogP contribution in [0.15, 0.2) is 23.8 Å². The summed E-state index contributed by atoms with van der Waals surface area (Å²) in [7, 11) is 0. The highest BCUT2D eigenvalue weighted by atomic mass is 16.6. The lowest BCUT2D eigenvalue weighted by molar-refractivity contribution is -0.169. The normalized spacial score (nSPS) is 48.7. The zero-order valence-electron chi connectivity index (χ0n) is 15.6. The quantitative estimate of drug-likeness (QED) is 0.490. The standard InChI is InChI=1S/C23H26O3/c1-21-11-7-16(24)14-15(21)5-6-17-18(21)8-12-22(2)19(17)9-13-23(22)10-3-4-20(25)26-23/h5-6,14,17-19H,4,7-9,11-13H2,1-2H3/t17-,18+,19+,21+,22+,23+/m1/s1. The third-order valence-electron chi connectivity index (χ3n) is 8.45. The lowest BCUT2D eigenvalue weighted by Crippen LogP contribution is -2.55. The van der Waals surface area contributed by atoms with E-state index in [1.165, 1.54) is 5.57 Å². The monoisotopic (exact) mass is 350 g/mol. The maximum Gasteiger partial charge on any atom is 0.319 e. The van der Waals surface area contributed by atoms with Crippen molar-refractivity contribution in [1.82, 2.24) is 0 Å². The van der Waals surface area contributed by atoms with Gasteiger partial charge in [0.2, 0.25) is 0 Å². The molecule has 0 aromatic rings. The molecule has 26 heavy (non-hydrogen) atoms. The highest BCUT2D eigenvalue weighted by Crippen LogP contribution is 2.67. The van der Waals surface area contributed by atoms with Crippen LogP contribution in [-0.2, 0) is 14.3 Å². The summed E-state index contributed by atoms with van der Waals surface area (Å²) in [5.74, 6) is 8.10. The lowest BCUT2D eigenvalue weighted by atomic mass is 9.48. The Labute approximate surface area is 155 Å². The molecule has 3 nitrogen and oxygen atoms in total. The van der Waals surface area contributed by atoms with E-state index in [1.807, 2.05) is 6.08 Å². The van der Waals surface area contributed by atoms with E-state index in [9.17, 15) is 9.59 Å². The third kappa shape index (κ3) is 1.91. The van der Waals surface area contributed by atoms with Crippen LogP contribution in [0.3, 0.4) is 0 Å². The van der Waals surface area contributed by atoms with Crippen LogP contribution in [-0.4, -0.2) is 17.4 Å². The van der Waals surface area contributed by atoms with Crippen LogP contribution in [0.1, 0.15) is 58.8 Å². The van der Waals surface area contributed by atoms with Gasteiger partial charge in [-0.1, -0.05) is 37.8 Å². The molecule has 1 spiro atoms. The SMILES string of the molecule is C[C@]12CCC(=O)C=C1C=C[C@@H]1[C@@H]2CC[C@@]2(C)[C@H]1CC[C@@]21C#CCC(=O)O1. The first kappa shape index (κ1) is 16.4. The Morgan fingerprint density at radius 3 is 2.73 bits per heavy atom. The fourth-order valence-electron chi connectivity index (χ4n) is 6.89. The molecule has 0 unspecified atom stereocenters. The fraction of sp³-hybridized carbons (Fsp3) is 0.652. The molecule has 5 rings (SSSR count). The number of hydrogen-bond donors (Lipinski definition) is 0. The molecule has 0 N–H and O–H groups in total. The zero-order valence-corrected chi connectivity index (χ0v) is 15.6. The number of esters is 1. The number of hydrogen-bond acceptors (Lipinski definition) is 3. The summed E-state index contributed by atoms with van der Waals surface area (Å²) in [6, 6.07) is 0. The van der Waals surface area contributed by atoms with Crippen molar-refractivity contribution in [2.45, 2.75) is 64.4 Å². The number of carbonyl (C=O) groups is 2. The van der Waals surface area contributed by atoms with Crippen molar-refractivity contribution in [2.24, 2.45) is 28.6 Å². The second-order valence-electron chi connectivity index (χ2n) is 9.41. The summed E-state index contributed by atoms with van der Waals surface area (Å²) in [5, 5.41) is 0. The molecule has 2 fully saturated rings. The molecular formula is C23H26O3. The zero-order chi connectivity index (χ0) is 18.2. The van der Waals surface area contributed by atoms with Crippen molar-refractivity contribution in [2.75, 3.05) is 0 Å². The molecule has 6 atom stereocenters. The second kappa shape index (κ2) is 5.12. The van der Waals surface area contributed by atoms with E-state index < -0.39 is 5.60 Å². The number of ether oxygens (including phenoxy) is 1. The van der Waals surface area contributed by atoms with Crippen LogP contribution in [0.5, 0.6) is 0 Å². The fourth-order valence-corrected chi connectivity index (χ4v) is 6.89. The molecule has 0 aromatic carbocycles. The summed E-state index contributed by atoms with van der Waals surface area (Å²) in [6.45, 7) is 4.67. The Hall–Kier alpha value is -1.82. The molecular weight excluding hydrogens is 324 g/mol. The highest BCUT2D eigenvalue weighted by Gasteiger charge is 2.65. The van der Waals surface area contributed by atoms with Crippen molar-refractivity contribution in [1.29, 1.82) is 0 Å². The van der Waals surface area contributed by atoms with Gasteiger partial charge in [-0.3, -0.25) is 9.59 Å². The van der Waals surface area contributed by atoms with E-state index >= 15 is 0 Å². The summed E-state index contributed by atoms with van der Waals surface area (Å²) >= 11 is 0. The molecule has 1 aliphatic heterocycles. The molecule has 1 heterocycles. The van der Waals surface area contributed by atoms with Gasteiger partial charge in [-0.05, 0) is 66.9 Å². The van der Waals surface area contributed by atoms with Crippen LogP contribution >= 0.6 is 0 Å². The second-order valence-corrected chi connectivity index (χ2v) is 9.41. The predicted octanol–water partition coefficient (Wildman–Crippen LogP) is 3.98. The van der Waals surface area contributed by atoms with Crippen molar-refractivity contribution < 1.29 is 14.3 Å². The van der Waals surface area contributed by atoms with E-state index in [4.69, 9.17) is 4.74 Å². The van der Waals surface area contributed by atoms with Crippen molar-refractivity contribution in [3.63, 3.8) is 0 Å². The van der Waals surface area contributed by atoms with Crippen molar-refractivity contribution in [3.05, 3.63) is 23.8 Å². The van der Waals surface area contributed by atoms with Crippen molar-refractivity contribution in [3.8, 4) is 11.8 Å². The highest BCUT2D eigenvalue weighted by molar-refractivity contribution is 5.92. The van der Waals surface area contributed by atoms with E-state index in [1.54, 1.807) is 0 Å². The topological polar surface area (TPSA) is 43.4 Å². The van der Waals surface area contributed by atoms with E-state index in [-0.39, 0.29) is 29.0 Å². The molecule has 0 bridgehead atoms. The van der Waals surface area contributed by atoms with Gasteiger partial charge in [0.15, 0.2) is 11.4 Å². The van der Waals surface area contributed by atoms with Gasteiger partial charge in [-0.2, -0.15) is 0 Å². The van der Waals surface area contributed by atoms with Gasteiger partial charge in [-0.15, -0.1) is 0 Å². The molecule has 0 saturated heterocycles. The van der Waals surface area contributed by atoms with Gasteiger partial charge in [0, 0.05) is 11.8 Å². The van der Waals surface area contributed by atoms with Crippen LogP contribution < -0.4 is 0 Å². The van der Waals surface area contributed by atoms with Gasteiger partial charge in [0.1, 0.15) is 6.42 Å². The van der Waals surface area contributed by atoms with Crippen LogP contribution in [0.25, 0.3) is 0 Å². The Morgan fingerprint density at radius 2 is 1.92 bits per heavy atom. The molecule has 0 radical (unpaired) electrons. The Morgan fingerprint density at radius 1 is 1.12 bits per heavy atom. The average Bonchev–Trinajstić information content (AvgIpc) is 2.88. The number of allylic oxidation sites excluding steroid dienone is 4. The molecule has 3 heteroatoms. The number of ketones is 1. The Balaban J connectivity index is 1.55. The minimum absolute atomic E-state index is 0.0658. The van der Waals surface area contributed by atoms with E-state index in [2.05, 4.69) is 37.8 Å². The maximum atomic E-state index is 12.0. The third-order valence-corrected chi connectivity index (χ3v) is 8.45. The largest absolute Gasteiger partial charge is 0.445 e. The van der Waals surface area contributed by atoms with E-state index in [0.29, 0.717) is 24.2 Å². The van der Waals surface area contributed by atoms with Crippen LogP contribution in [0, 0.1) is 40.4 Å². The summed E-state index contributed by atoms with van der Waals surface area (Å²) in [5.41, 5.74) is 0.698. The van der Waals surface area contributed by atoms with Gasteiger partial charge in [0.25, 0.3) is 0 Å². The predicted molar refractivity (Wildman–Crippen MR) is 97.8 cm³/mol. The average molecular weight is 350 g/mol. The van der Waals surface area contributed by atoms with Crippen LogP contribution in [0.2, 0.25) is 0 Å². The number of carbonyl (C=O) groups excluding carboxylic acids is 2. The molecule has 2 saturated carbocycles. The van der Waals surface area contributed by atoms with E-state index in [0.717, 1.165) is 32.1 Å². The van der Waals surface area contributed by atoms with Crippen molar-refractivity contribution >= 4 is 11.8 Å². The smallest absolute Gasteiger partial charge is 0.319 e. The van der Waals surface area contributed by atoms with Gasteiger partial charge < -0.3 is 4.74 Å². The van der Waals surface area contributed by atoms with Gasteiger partial charge >= 0.3 is 5.97 Å². The number of fused-ring (bicyclic) bond motifs is 6. The minimum Gasteiger partial charge on any atom is -0.445 e. The summed E-state index contributed by atoms with van der Waals surface area (Å²) < 4.78 is 5.94. The van der Waals surface area contributed by atoms with Gasteiger partial charge in [-0.25, -0.2) is 0 Å². The minimum atomic E-state index is -0.578. The van der Waals surface area contributed by atoms with Gasteiger partial charge in [0.05, 0.1) is 0 Å². The summed E-state index contributed by atoms with van der Waals surface area (Å²) in [6.07, 6.45) is 12.4. The molecule has 5 aliphatic rings. The molecule has 0 amide bonds. The molecule has 4 aliphatic carbocycles. The Kier molecular flexibility index (Phi) is 3.22. The van der Waals surface area contributed by atoms with Crippen LogP contribution in [0.4, 0.5) is 0 Å². The number of rotatable bonds is 0. The first-order valence-electron chi connectivity index (χ1n) is 10.0. The molecule has 136 valence electrons. The lowest BCUT2D eigenvalue weighted by Gasteiger charge is -2.57. The molecule has 0 aromatic heterocycles. The first-order chi connectivity index (χ1) is 12.4. The first-order valence-corrected chi connectivity index (χ1v) is 10.0.